The van der Waals surface area contributed by atoms with Crippen LogP contribution in [0.1, 0.15) is 10.4 Å². The molecule has 5 nitrogen and oxygen atoms in total. The van der Waals surface area contributed by atoms with Crippen LogP contribution in [-0.4, -0.2) is 21.6 Å². The lowest BCUT2D eigenvalue weighted by Crippen LogP contribution is -2.17. The highest BCUT2D eigenvalue weighted by Gasteiger charge is 2.07. The average Bonchev–Trinajstić information content (AvgIpc) is 2.77. The average molecular weight is 279 g/mol. The minimum Gasteiger partial charge on any atom is -0.478 e. The first-order chi connectivity index (χ1) is 9.04. The fourth-order valence-electron chi connectivity index (χ4n) is 1.60. The number of benzene rings is 1. The zero-order valence-electron chi connectivity index (χ0n) is 9.84. The molecule has 0 bridgehead atoms. The molecule has 0 aliphatic rings. The summed E-state index contributed by atoms with van der Waals surface area (Å²) in [5.41, 5.74) is 0.749. The van der Waals surface area contributed by atoms with E-state index in [1.807, 2.05) is 0 Å². The Bertz CT molecular complexity index is 622. The first kappa shape index (κ1) is 13.2. The van der Waals surface area contributed by atoms with E-state index in [1.165, 1.54) is 16.8 Å². The predicted molar refractivity (Wildman–Crippen MR) is 71.5 cm³/mol. The Morgan fingerprint density at radius 2 is 2.11 bits per heavy atom. The second-order valence-corrected chi connectivity index (χ2v) is 4.37. The summed E-state index contributed by atoms with van der Waals surface area (Å²) < 4.78 is 1.50. The number of carboxylic acid groups (broad SMARTS) is 1. The fraction of sp³-hybridized carbons (Fsp3) is 0.0769. The van der Waals surface area contributed by atoms with Crippen molar-refractivity contribution in [3.8, 4) is 0 Å². The molecule has 0 spiro atoms. The van der Waals surface area contributed by atoms with E-state index < -0.39 is 5.97 Å². The third-order valence-corrected chi connectivity index (χ3v) is 2.67. The van der Waals surface area contributed by atoms with Crippen LogP contribution >= 0.6 is 11.6 Å². The molecule has 6 heteroatoms. The quantitative estimate of drug-likeness (QED) is 0.902. The first-order valence-corrected chi connectivity index (χ1v) is 5.87. The van der Waals surface area contributed by atoms with Crippen molar-refractivity contribution < 1.29 is 14.7 Å². The molecule has 0 saturated heterocycles. The minimum absolute atomic E-state index is 0.0415. The number of carbonyl (C=O) groups is 2. The van der Waals surface area contributed by atoms with E-state index in [2.05, 4.69) is 5.32 Å². The van der Waals surface area contributed by atoms with Gasteiger partial charge in [-0.25, -0.2) is 4.79 Å². The highest BCUT2D eigenvalue weighted by atomic mass is 35.5. The fourth-order valence-corrected chi connectivity index (χ4v) is 1.79. The lowest BCUT2D eigenvalue weighted by atomic mass is 10.3. The van der Waals surface area contributed by atoms with Gasteiger partial charge in [-0.2, -0.15) is 0 Å². The van der Waals surface area contributed by atoms with Gasteiger partial charge in [-0.05, 0) is 24.3 Å². The summed E-state index contributed by atoms with van der Waals surface area (Å²) in [7, 11) is 0. The number of hydrogen-bond donors (Lipinski definition) is 2. The number of halogens is 1. The Hall–Kier alpha value is -2.27. The van der Waals surface area contributed by atoms with Gasteiger partial charge in [0.05, 0.1) is 5.56 Å². The summed E-state index contributed by atoms with van der Waals surface area (Å²) in [6.07, 6.45) is 2.95. The Labute approximate surface area is 114 Å². The number of hydrogen-bond acceptors (Lipinski definition) is 2. The maximum absolute atomic E-state index is 11.7. The molecule has 0 aliphatic heterocycles. The van der Waals surface area contributed by atoms with Crippen LogP contribution < -0.4 is 5.32 Å². The monoisotopic (exact) mass is 278 g/mol. The van der Waals surface area contributed by atoms with E-state index in [1.54, 1.807) is 30.5 Å². The molecule has 1 aromatic heterocycles. The Morgan fingerprint density at radius 3 is 2.74 bits per heavy atom. The van der Waals surface area contributed by atoms with E-state index >= 15 is 0 Å². The van der Waals surface area contributed by atoms with Gasteiger partial charge in [0.25, 0.3) is 0 Å². The first-order valence-electron chi connectivity index (χ1n) is 5.49. The van der Waals surface area contributed by atoms with Crippen molar-refractivity contribution in [2.75, 3.05) is 5.32 Å². The van der Waals surface area contributed by atoms with Gasteiger partial charge < -0.3 is 15.0 Å². The molecule has 0 radical (unpaired) electrons. The highest BCUT2D eigenvalue weighted by molar-refractivity contribution is 6.30. The summed E-state index contributed by atoms with van der Waals surface area (Å²) in [5, 5.41) is 12.0. The predicted octanol–water partition coefficient (Wildman–Crippen LogP) is 2.48. The van der Waals surface area contributed by atoms with Gasteiger partial charge in [0.1, 0.15) is 6.54 Å². The van der Waals surface area contributed by atoms with Crippen LogP contribution in [0.15, 0.2) is 42.7 Å². The summed E-state index contributed by atoms with van der Waals surface area (Å²) in [4.78, 5) is 22.4. The molecule has 0 fully saturated rings. The number of carboxylic acids is 1. The Kier molecular flexibility index (Phi) is 3.87. The zero-order valence-corrected chi connectivity index (χ0v) is 10.6. The molecule has 1 aromatic carbocycles. The molecular formula is C13H11ClN2O3. The molecule has 1 amide bonds. The number of anilines is 1. The summed E-state index contributed by atoms with van der Waals surface area (Å²) in [5.74, 6) is -1.27. The van der Waals surface area contributed by atoms with Crippen molar-refractivity contribution in [1.82, 2.24) is 4.57 Å². The van der Waals surface area contributed by atoms with E-state index in [9.17, 15) is 9.59 Å². The standard InChI is InChI=1S/C13H11ClN2O3/c14-10-2-1-3-11(6-10)15-12(17)8-16-5-4-9(7-16)13(18)19/h1-7H,8H2,(H,15,17)(H,18,19). The van der Waals surface area contributed by atoms with Crippen LogP contribution in [0.25, 0.3) is 0 Å². The lowest BCUT2D eigenvalue weighted by Gasteiger charge is -2.06. The minimum atomic E-state index is -1.02. The van der Waals surface area contributed by atoms with Crippen LogP contribution in [0.2, 0.25) is 5.02 Å². The summed E-state index contributed by atoms with van der Waals surface area (Å²) in [6, 6.07) is 8.24. The lowest BCUT2D eigenvalue weighted by molar-refractivity contribution is -0.116. The summed E-state index contributed by atoms with van der Waals surface area (Å²) >= 11 is 5.80. The number of amides is 1. The molecule has 2 rings (SSSR count). The Balaban J connectivity index is 1.99. The van der Waals surface area contributed by atoms with Crippen molar-refractivity contribution in [2.45, 2.75) is 6.54 Å². The molecule has 0 unspecified atom stereocenters. The summed E-state index contributed by atoms with van der Waals surface area (Å²) in [6.45, 7) is 0.0415. The van der Waals surface area contributed by atoms with Crippen LogP contribution in [0.3, 0.4) is 0 Å². The second kappa shape index (κ2) is 5.58. The van der Waals surface area contributed by atoms with Crippen LogP contribution in [0.4, 0.5) is 5.69 Å². The number of rotatable bonds is 4. The number of nitrogens with zero attached hydrogens (tertiary/aromatic N) is 1. The second-order valence-electron chi connectivity index (χ2n) is 3.94. The van der Waals surface area contributed by atoms with Crippen molar-refractivity contribution >= 4 is 29.2 Å². The largest absolute Gasteiger partial charge is 0.478 e. The van der Waals surface area contributed by atoms with E-state index in [4.69, 9.17) is 16.7 Å². The molecule has 98 valence electrons. The number of carbonyl (C=O) groups excluding carboxylic acids is 1. The SMILES string of the molecule is O=C(Cn1ccc(C(=O)O)c1)Nc1cccc(Cl)c1. The highest BCUT2D eigenvalue weighted by Crippen LogP contribution is 2.14. The maximum atomic E-state index is 11.7. The van der Waals surface area contributed by atoms with Crippen molar-refractivity contribution in [2.24, 2.45) is 0 Å². The zero-order chi connectivity index (χ0) is 13.8. The van der Waals surface area contributed by atoms with Gasteiger partial charge in [0.2, 0.25) is 5.91 Å². The maximum Gasteiger partial charge on any atom is 0.337 e. The van der Waals surface area contributed by atoms with Gasteiger partial charge in [-0.3, -0.25) is 4.79 Å². The van der Waals surface area contributed by atoms with Crippen LogP contribution in [0, 0.1) is 0 Å². The number of nitrogens with one attached hydrogen (secondary N) is 1. The number of aromatic nitrogens is 1. The van der Waals surface area contributed by atoms with Gasteiger partial charge in [0, 0.05) is 23.1 Å². The molecule has 2 aromatic rings. The van der Waals surface area contributed by atoms with Gasteiger partial charge in [0.15, 0.2) is 0 Å². The smallest absolute Gasteiger partial charge is 0.337 e. The molecule has 0 saturated carbocycles. The number of aromatic carboxylic acids is 1. The molecule has 19 heavy (non-hydrogen) atoms. The topological polar surface area (TPSA) is 71.3 Å². The van der Waals surface area contributed by atoms with E-state index in [0.717, 1.165) is 0 Å². The third kappa shape index (κ3) is 3.59. The molecule has 0 atom stereocenters. The van der Waals surface area contributed by atoms with E-state index in [0.29, 0.717) is 10.7 Å². The third-order valence-electron chi connectivity index (χ3n) is 2.43. The Morgan fingerprint density at radius 1 is 1.32 bits per heavy atom. The normalized spacial score (nSPS) is 10.2. The molecular weight excluding hydrogens is 268 g/mol. The van der Waals surface area contributed by atoms with Gasteiger partial charge in [-0.15, -0.1) is 0 Å². The van der Waals surface area contributed by atoms with Crippen LogP contribution in [0.5, 0.6) is 0 Å². The van der Waals surface area contributed by atoms with Crippen LogP contribution in [-0.2, 0) is 11.3 Å². The molecule has 1 heterocycles. The molecule has 2 N–H and O–H groups in total. The van der Waals surface area contributed by atoms with Gasteiger partial charge in [-0.1, -0.05) is 17.7 Å². The van der Waals surface area contributed by atoms with Crippen molar-refractivity contribution in [3.05, 3.63) is 53.3 Å². The van der Waals surface area contributed by atoms with E-state index in [-0.39, 0.29) is 18.0 Å². The molecule has 0 aliphatic carbocycles. The van der Waals surface area contributed by atoms with Crippen molar-refractivity contribution in [3.63, 3.8) is 0 Å². The van der Waals surface area contributed by atoms with Crippen molar-refractivity contribution in [1.29, 1.82) is 0 Å². The van der Waals surface area contributed by atoms with Gasteiger partial charge >= 0.3 is 5.97 Å².